The van der Waals surface area contributed by atoms with E-state index in [1.165, 1.54) is 16.9 Å². The number of carbonyl (C=O) groups is 1. The summed E-state index contributed by atoms with van der Waals surface area (Å²) in [5.74, 6) is 0. The Kier molecular flexibility index (Phi) is 5.07. The van der Waals surface area contributed by atoms with Gasteiger partial charge in [-0.3, -0.25) is 9.79 Å². The molecule has 4 heteroatoms. The average molecular weight is 286 g/mol. The molecule has 0 aliphatic heterocycles. The molecule has 1 aliphatic rings. The van der Waals surface area contributed by atoms with Crippen molar-refractivity contribution in [2.45, 2.75) is 13.8 Å². The molecule has 3 nitrogen and oxygen atoms in total. The Balaban J connectivity index is 2.14. The highest BCUT2D eigenvalue weighted by molar-refractivity contribution is 7.12. The fraction of sp³-hybridized carbons (Fsp3) is 0.250. The number of rotatable bonds is 5. The van der Waals surface area contributed by atoms with Gasteiger partial charge in [-0.1, -0.05) is 18.2 Å². The number of nitrogens with zero attached hydrogens (tertiary/aromatic N) is 1. The Morgan fingerprint density at radius 2 is 2.20 bits per heavy atom. The van der Waals surface area contributed by atoms with Gasteiger partial charge in [0.1, 0.15) is 0 Å². The summed E-state index contributed by atoms with van der Waals surface area (Å²) in [5.41, 5.74) is 4.29. The van der Waals surface area contributed by atoms with E-state index in [0.29, 0.717) is 6.54 Å². The van der Waals surface area contributed by atoms with Gasteiger partial charge in [-0.05, 0) is 36.9 Å². The van der Waals surface area contributed by atoms with Crippen molar-refractivity contribution < 1.29 is 4.79 Å². The summed E-state index contributed by atoms with van der Waals surface area (Å²) >= 11 is 1.45. The molecule has 1 heterocycles. The van der Waals surface area contributed by atoms with Crippen molar-refractivity contribution in [1.29, 1.82) is 0 Å². The molecule has 0 fully saturated rings. The average Bonchev–Trinajstić information content (AvgIpc) is 2.93. The van der Waals surface area contributed by atoms with Crippen molar-refractivity contribution in [3.63, 3.8) is 0 Å². The lowest BCUT2D eigenvalue weighted by Gasteiger charge is -2.13. The lowest BCUT2D eigenvalue weighted by atomic mass is 10.00. The summed E-state index contributed by atoms with van der Waals surface area (Å²) < 4.78 is 0. The summed E-state index contributed by atoms with van der Waals surface area (Å²) in [6.07, 6.45) is 9.03. The van der Waals surface area contributed by atoms with E-state index >= 15 is 0 Å². The predicted octanol–water partition coefficient (Wildman–Crippen LogP) is 3.88. The number of thiophene rings is 1. The van der Waals surface area contributed by atoms with Gasteiger partial charge >= 0.3 is 0 Å². The molecule has 0 saturated heterocycles. The number of allylic oxidation sites excluding steroid dienone is 5. The van der Waals surface area contributed by atoms with E-state index in [1.807, 2.05) is 36.6 Å². The minimum Gasteiger partial charge on any atom is -0.380 e. The van der Waals surface area contributed by atoms with Gasteiger partial charge in [-0.15, -0.1) is 11.3 Å². The van der Waals surface area contributed by atoms with Crippen molar-refractivity contribution in [2.24, 2.45) is 4.99 Å². The molecule has 1 aliphatic carbocycles. The smallest absolute Gasteiger partial charge is 0.162 e. The molecule has 0 spiro atoms. The Hall–Kier alpha value is -1.94. The lowest BCUT2D eigenvalue weighted by molar-refractivity contribution is 0.112. The third kappa shape index (κ3) is 3.33. The lowest BCUT2D eigenvalue weighted by Crippen LogP contribution is -2.10. The van der Waals surface area contributed by atoms with Crippen molar-refractivity contribution >= 4 is 29.0 Å². The summed E-state index contributed by atoms with van der Waals surface area (Å²) in [6, 6.07) is 1.93. The topological polar surface area (TPSA) is 41.5 Å². The molecule has 0 radical (unpaired) electrons. The van der Waals surface area contributed by atoms with Crippen LogP contribution in [0.3, 0.4) is 0 Å². The molecular weight excluding hydrogens is 268 g/mol. The second-order valence-corrected chi connectivity index (χ2v) is 5.39. The molecule has 0 aromatic carbocycles. The fourth-order valence-electron chi connectivity index (χ4n) is 2.02. The van der Waals surface area contributed by atoms with E-state index in [9.17, 15) is 4.79 Å². The van der Waals surface area contributed by atoms with E-state index in [2.05, 4.69) is 23.3 Å². The van der Waals surface area contributed by atoms with Crippen LogP contribution < -0.4 is 5.32 Å². The van der Waals surface area contributed by atoms with Gasteiger partial charge in [-0.25, -0.2) is 0 Å². The second kappa shape index (κ2) is 7.01. The zero-order chi connectivity index (χ0) is 14.4. The molecule has 1 aromatic heterocycles. The molecule has 2 rings (SSSR count). The summed E-state index contributed by atoms with van der Waals surface area (Å²) in [4.78, 5) is 16.1. The zero-order valence-corrected chi connectivity index (χ0v) is 12.5. The van der Waals surface area contributed by atoms with Gasteiger partial charge in [0.15, 0.2) is 6.29 Å². The molecule has 0 amide bonds. The molecule has 0 saturated carbocycles. The summed E-state index contributed by atoms with van der Waals surface area (Å²) in [7, 11) is 0. The number of nitrogens with one attached hydrogen (secondary N) is 1. The highest BCUT2D eigenvalue weighted by atomic mass is 32.1. The first-order valence-corrected chi connectivity index (χ1v) is 7.50. The molecule has 20 heavy (non-hydrogen) atoms. The first-order chi connectivity index (χ1) is 9.76. The van der Waals surface area contributed by atoms with Gasteiger partial charge in [0.2, 0.25) is 0 Å². The molecule has 0 atom stereocenters. The largest absolute Gasteiger partial charge is 0.380 e. The van der Waals surface area contributed by atoms with Crippen LogP contribution in [0.25, 0.3) is 0 Å². The maximum Gasteiger partial charge on any atom is 0.162 e. The van der Waals surface area contributed by atoms with Crippen LogP contribution in [0, 0.1) is 0 Å². The van der Waals surface area contributed by atoms with Crippen LogP contribution in [-0.4, -0.2) is 25.1 Å². The summed E-state index contributed by atoms with van der Waals surface area (Å²) in [5, 5.41) is 5.23. The van der Waals surface area contributed by atoms with Gasteiger partial charge in [0.25, 0.3) is 0 Å². The number of hydrogen-bond acceptors (Lipinski definition) is 4. The molecule has 0 bridgehead atoms. The Morgan fingerprint density at radius 1 is 1.40 bits per heavy atom. The highest BCUT2D eigenvalue weighted by Crippen LogP contribution is 2.21. The normalized spacial score (nSPS) is 18.4. The Labute approximate surface area is 123 Å². The van der Waals surface area contributed by atoms with Gasteiger partial charge in [-0.2, -0.15) is 0 Å². The Bertz CT molecular complexity index is 606. The highest BCUT2D eigenvalue weighted by Gasteiger charge is 2.08. The van der Waals surface area contributed by atoms with Crippen molar-refractivity contribution in [3.05, 3.63) is 51.8 Å². The van der Waals surface area contributed by atoms with Crippen LogP contribution in [0.4, 0.5) is 5.69 Å². The minimum absolute atomic E-state index is 0.702. The predicted molar refractivity (Wildman–Crippen MR) is 87.2 cm³/mol. The first kappa shape index (κ1) is 14.5. The zero-order valence-electron chi connectivity index (χ0n) is 11.7. The molecule has 1 N–H and O–H groups in total. The van der Waals surface area contributed by atoms with Crippen LogP contribution in [0.5, 0.6) is 0 Å². The van der Waals surface area contributed by atoms with Crippen LogP contribution in [0.1, 0.15) is 23.5 Å². The van der Waals surface area contributed by atoms with E-state index in [-0.39, 0.29) is 0 Å². The molecular formula is C16H18N2OS. The number of carbonyl (C=O) groups excluding carboxylic acids is 1. The van der Waals surface area contributed by atoms with Crippen molar-refractivity contribution in [3.8, 4) is 0 Å². The quantitative estimate of drug-likeness (QED) is 0.835. The minimum atomic E-state index is 0.702. The van der Waals surface area contributed by atoms with Gasteiger partial charge < -0.3 is 5.32 Å². The fourth-order valence-corrected chi connectivity index (χ4v) is 2.70. The van der Waals surface area contributed by atoms with Crippen molar-refractivity contribution in [1.82, 2.24) is 0 Å². The van der Waals surface area contributed by atoms with Crippen molar-refractivity contribution in [2.75, 3.05) is 18.4 Å². The van der Waals surface area contributed by atoms with E-state index < -0.39 is 0 Å². The standard InChI is InChI=1S/C16H18N2OS/c1-3-17-14-7-5-4-6-13(14)12(2)10-18-15-8-9-20-16(15)11-19/h4-9,11,18H,3,10H2,1-2H3/b13-12+,17-14?. The van der Waals surface area contributed by atoms with E-state index in [0.717, 1.165) is 34.7 Å². The number of hydrogen-bond donors (Lipinski definition) is 1. The van der Waals surface area contributed by atoms with Crippen LogP contribution in [-0.2, 0) is 0 Å². The van der Waals surface area contributed by atoms with Gasteiger partial charge in [0, 0.05) is 18.7 Å². The first-order valence-electron chi connectivity index (χ1n) is 6.62. The van der Waals surface area contributed by atoms with Gasteiger partial charge in [0.05, 0.1) is 16.3 Å². The second-order valence-electron chi connectivity index (χ2n) is 4.44. The number of aliphatic imine (C=N–C) groups is 1. The molecule has 1 aromatic rings. The SMILES string of the molecule is CCN=C1C=CC=C/C1=C(/C)CNc1ccsc1C=O. The van der Waals surface area contributed by atoms with Crippen LogP contribution in [0.15, 0.2) is 51.9 Å². The maximum atomic E-state index is 10.9. The van der Waals surface area contributed by atoms with E-state index in [1.54, 1.807) is 0 Å². The third-order valence-corrected chi connectivity index (χ3v) is 3.88. The molecule has 104 valence electrons. The Morgan fingerprint density at radius 3 is 2.95 bits per heavy atom. The third-order valence-electron chi connectivity index (χ3n) is 3.04. The summed E-state index contributed by atoms with van der Waals surface area (Å²) in [6.45, 7) is 5.60. The maximum absolute atomic E-state index is 10.9. The monoisotopic (exact) mass is 286 g/mol. The molecule has 0 unspecified atom stereocenters. The van der Waals surface area contributed by atoms with Crippen LogP contribution in [0.2, 0.25) is 0 Å². The van der Waals surface area contributed by atoms with E-state index in [4.69, 9.17) is 0 Å². The number of anilines is 1. The van der Waals surface area contributed by atoms with Crippen LogP contribution >= 0.6 is 11.3 Å². The number of aldehydes is 1.